The smallest absolute Gasteiger partial charge is 0.161 e. The third-order valence-electron chi connectivity index (χ3n) is 6.87. The normalized spacial score (nSPS) is 31.5. The zero-order valence-corrected chi connectivity index (χ0v) is 15.7. The van der Waals surface area contributed by atoms with E-state index in [0.717, 1.165) is 24.2 Å². The van der Waals surface area contributed by atoms with Crippen molar-refractivity contribution in [3.8, 4) is 11.5 Å². The molecule has 0 spiro atoms. The van der Waals surface area contributed by atoms with Crippen molar-refractivity contribution >= 4 is 5.78 Å². The van der Waals surface area contributed by atoms with Gasteiger partial charge in [-0.05, 0) is 60.8 Å². The van der Waals surface area contributed by atoms with E-state index in [1.807, 2.05) is 12.1 Å². The Hall–Kier alpha value is -1.97. The van der Waals surface area contributed by atoms with Crippen LogP contribution in [0.1, 0.15) is 51.3 Å². The van der Waals surface area contributed by atoms with Crippen LogP contribution in [0.3, 0.4) is 0 Å². The molecule has 1 aromatic rings. The number of nitrogens with zero attached hydrogens (tertiary/aromatic N) is 1. The van der Waals surface area contributed by atoms with Crippen LogP contribution in [0.25, 0.3) is 0 Å². The van der Waals surface area contributed by atoms with E-state index in [-0.39, 0.29) is 17.2 Å². The number of fused-ring (bicyclic) bond motifs is 2. The number of methoxy groups -OCH3 is 1. The maximum Gasteiger partial charge on any atom is 0.161 e. The van der Waals surface area contributed by atoms with Crippen LogP contribution in [0, 0.1) is 17.3 Å². The van der Waals surface area contributed by atoms with E-state index in [9.17, 15) is 9.90 Å². The van der Waals surface area contributed by atoms with Crippen molar-refractivity contribution in [3.63, 3.8) is 0 Å². The van der Waals surface area contributed by atoms with Gasteiger partial charge in [0, 0.05) is 24.2 Å². The van der Waals surface area contributed by atoms with Gasteiger partial charge in [0.2, 0.25) is 0 Å². The molecule has 1 N–H and O–H groups in total. The van der Waals surface area contributed by atoms with Gasteiger partial charge in [0.15, 0.2) is 17.3 Å². The number of phenolic OH excluding ortho intramolecular Hbond substituents is 1. The number of hydrogen-bond donors (Lipinski definition) is 1. The van der Waals surface area contributed by atoms with Gasteiger partial charge < -0.3 is 14.7 Å². The van der Waals surface area contributed by atoms with Crippen LogP contribution in [0.2, 0.25) is 0 Å². The summed E-state index contributed by atoms with van der Waals surface area (Å²) >= 11 is 0. The third-order valence-corrected chi connectivity index (χ3v) is 6.87. The molecule has 4 heteroatoms. The summed E-state index contributed by atoms with van der Waals surface area (Å²) in [7, 11) is 1.58. The first-order chi connectivity index (χ1) is 11.8. The van der Waals surface area contributed by atoms with Crippen molar-refractivity contribution in [2.24, 2.45) is 17.3 Å². The quantitative estimate of drug-likeness (QED) is 0.831. The standard InChI is InChI=1S/C21H27NO3/c1-11-14-9-18(25-5)16(23)8-13(14)6-7-22(11)12(2)19-17(24)10-15-20(19)21(15,3)4/h8-9,11,15,20,23H,6-7,10H2,1-5H3/t11-,15-,20+/m0/s1. The summed E-state index contributed by atoms with van der Waals surface area (Å²) in [5.74, 6) is 2.02. The van der Waals surface area contributed by atoms with Crippen molar-refractivity contribution in [2.75, 3.05) is 13.7 Å². The molecule has 2 fully saturated rings. The van der Waals surface area contributed by atoms with Gasteiger partial charge in [-0.3, -0.25) is 4.79 Å². The molecule has 1 aromatic carbocycles. The maximum absolute atomic E-state index is 12.5. The summed E-state index contributed by atoms with van der Waals surface area (Å²) in [5.41, 5.74) is 4.83. The number of benzene rings is 1. The van der Waals surface area contributed by atoms with Gasteiger partial charge in [-0.15, -0.1) is 0 Å². The highest BCUT2D eigenvalue weighted by Gasteiger charge is 2.65. The van der Waals surface area contributed by atoms with Crippen LogP contribution in [-0.4, -0.2) is 29.4 Å². The number of ketones is 1. The van der Waals surface area contributed by atoms with Gasteiger partial charge >= 0.3 is 0 Å². The lowest BCUT2D eigenvalue weighted by molar-refractivity contribution is -0.115. The Morgan fingerprint density at radius 3 is 2.72 bits per heavy atom. The zero-order valence-electron chi connectivity index (χ0n) is 15.7. The fraction of sp³-hybridized carbons (Fsp3) is 0.571. The largest absolute Gasteiger partial charge is 0.504 e. The molecule has 134 valence electrons. The Morgan fingerprint density at radius 1 is 1.36 bits per heavy atom. The maximum atomic E-state index is 12.5. The van der Waals surface area contributed by atoms with E-state index >= 15 is 0 Å². The molecule has 4 nitrogen and oxygen atoms in total. The first kappa shape index (κ1) is 16.5. The van der Waals surface area contributed by atoms with Crippen molar-refractivity contribution in [3.05, 3.63) is 34.5 Å². The van der Waals surface area contributed by atoms with Crippen LogP contribution >= 0.6 is 0 Å². The summed E-state index contributed by atoms with van der Waals surface area (Å²) in [6.07, 6.45) is 1.58. The van der Waals surface area contributed by atoms with E-state index in [2.05, 4.69) is 32.6 Å². The molecular weight excluding hydrogens is 314 g/mol. The first-order valence-corrected chi connectivity index (χ1v) is 9.17. The Balaban J connectivity index is 1.71. The molecular formula is C21H27NO3. The molecule has 0 bridgehead atoms. The second kappa shape index (κ2) is 5.26. The SMILES string of the molecule is COc1cc2c(cc1O)CCN(C(C)=C1C(=O)C[C@H]3[C@H]1C3(C)C)[C@H]2C. The fourth-order valence-electron chi connectivity index (χ4n) is 5.22. The molecule has 2 aliphatic carbocycles. The Labute approximate surface area is 149 Å². The lowest BCUT2D eigenvalue weighted by atomic mass is 9.90. The molecule has 3 aliphatic rings. The molecule has 0 amide bonds. The van der Waals surface area contributed by atoms with E-state index in [4.69, 9.17) is 4.74 Å². The molecule has 0 unspecified atom stereocenters. The fourth-order valence-corrected chi connectivity index (χ4v) is 5.22. The number of carbonyl (C=O) groups is 1. The van der Waals surface area contributed by atoms with Crippen molar-refractivity contribution < 1.29 is 14.6 Å². The number of rotatable bonds is 2. The van der Waals surface area contributed by atoms with E-state index < -0.39 is 0 Å². The monoisotopic (exact) mass is 341 g/mol. The molecule has 0 saturated heterocycles. The lowest BCUT2D eigenvalue weighted by Gasteiger charge is -2.39. The second-order valence-electron chi connectivity index (χ2n) is 8.37. The molecule has 0 aromatic heterocycles. The summed E-state index contributed by atoms with van der Waals surface area (Å²) < 4.78 is 5.29. The Kier molecular flexibility index (Phi) is 3.47. The van der Waals surface area contributed by atoms with Crippen LogP contribution in [-0.2, 0) is 11.2 Å². The van der Waals surface area contributed by atoms with E-state index in [1.165, 1.54) is 11.1 Å². The number of aromatic hydroxyl groups is 1. The number of Topliss-reactive ketones (excluding diaryl/α,β-unsaturated/α-hetero) is 1. The highest BCUT2D eigenvalue weighted by Crippen LogP contribution is 2.68. The molecule has 2 saturated carbocycles. The second-order valence-corrected chi connectivity index (χ2v) is 8.37. The average Bonchev–Trinajstić information content (AvgIpc) is 2.91. The van der Waals surface area contributed by atoms with Crippen molar-refractivity contribution in [1.29, 1.82) is 0 Å². The molecule has 1 aliphatic heterocycles. The Morgan fingerprint density at radius 2 is 2.08 bits per heavy atom. The highest BCUT2D eigenvalue weighted by atomic mass is 16.5. The molecule has 0 radical (unpaired) electrons. The van der Waals surface area contributed by atoms with Crippen LogP contribution in [0.15, 0.2) is 23.4 Å². The van der Waals surface area contributed by atoms with Gasteiger partial charge in [0.05, 0.1) is 13.2 Å². The predicted octanol–water partition coefficient (Wildman–Crippen LogP) is 3.84. The summed E-state index contributed by atoms with van der Waals surface area (Å²) in [5, 5.41) is 10.0. The first-order valence-electron chi connectivity index (χ1n) is 9.17. The van der Waals surface area contributed by atoms with Gasteiger partial charge in [-0.1, -0.05) is 13.8 Å². The van der Waals surface area contributed by atoms with Crippen LogP contribution in [0.4, 0.5) is 0 Å². The molecule has 25 heavy (non-hydrogen) atoms. The van der Waals surface area contributed by atoms with Gasteiger partial charge in [0.25, 0.3) is 0 Å². The van der Waals surface area contributed by atoms with E-state index in [0.29, 0.717) is 29.8 Å². The predicted molar refractivity (Wildman–Crippen MR) is 96.6 cm³/mol. The minimum Gasteiger partial charge on any atom is -0.504 e. The van der Waals surface area contributed by atoms with E-state index in [1.54, 1.807) is 7.11 Å². The number of carbonyl (C=O) groups excluding carboxylic acids is 1. The average molecular weight is 341 g/mol. The number of phenols is 1. The van der Waals surface area contributed by atoms with Crippen molar-refractivity contribution in [1.82, 2.24) is 4.90 Å². The number of allylic oxidation sites excluding steroid dienone is 2. The Bertz CT molecular complexity index is 793. The highest BCUT2D eigenvalue weighted by molar-refractivity contribution is 6.01. The van der Waals surface area contributed by atoms with Gasteiger partial charge in [-0.25, -0.2) is 0 Å². The van der Waals surface area contributed by atoms with Gasteiger partial charge in [0.1, 0.15) is 0 Å². The summed E-state index contributed by atoms with van der Waals surface area (Å²) in [4.78, 5) is 14.9. The van der Waals surface area contributed by atoms with Crippen LogP contribution < -0.4 is 4.74 Å². The van der Waals surface area contributed by atoms with Crippen molar-refractivity contribution in [2.45, 2.75) is 46.6 Å². The minimum atomic E-state index is 0.166. The number of hydrogen-bond acceptors (Lipinski definition) is 4. The van der Waals surface area contributed by atoms with Crippen LogP contribution in [0.5, 0.6) is 11.5 Å². The minimum absolute atomic E-state index is 0.166. The summed E-state index contributed by atoms with van der Waals surface area (Å²) in [6, 6.07) is 3.94. The topological polar surface area (TPSA) is 49.8 Å². The molecule has 1 heterocycles. The molecule has 4 rings (SSSR count). The third kappa shape index (κ3) is 2.22. The molecule has 3 atom stereocenters. The lowest BCUT2D eigenvalue weighted by Crippen LogP contribution is -2.34. The summed E-state index contributed by atoms with van der Waals surface area (Å²) in [6.45, 7) is 9.73. The van der Waals surface area contributed by atoms with Gasteiger partial charge in [-0.2, -0.15) is 0 Å². The zero-order chi connectivity index (χ0) is 18.1. The number of ether oxygens (including phenoxy) is 1.